The maximum Gasteiger partial charge on any atom is 0.225 e. The number of carbonyl (C=O) groups is 1. The zero-order valence-corrected chi connectivity index (χ0v) is 21.2. The van der Waals surface area contributed by atoms with Crippen LogP contribution in [0.25, 0.3) is 0 Å². The molecule has 1 heterocycles. The maximum absolute atomic E-state index is 12.8. The zero-order chi connectivity index (χ0) is 20.2. The van der Waals surface area contributed by atoms with Crippen LogP contribution in [0.4, 0.5) is 0 Å². The molecule has 0 radical (unpaired) electrons. The molecule has 1 saturated heterocycles. The molecule has 2 saturated carbocycles. The van der Waals surface area contributed by atoms with Crippen LogP contribution >= 0.6 is 35.7 Å². The topological polar surface area (TPSA) is 56.7 Å². The van der Waals surface area contributed by atoms with Gasteiger partial charge in [-0.2, -0.15) is 11.8 Å². The first-order valence-electron chi connectivity index (χ1n) is 11.1. The molecule has 2 N–H and O–H groups in total. The van der Waals surface area contributed by atoms with Crippen LogP contribution < -0.4 is 10.6 Å². The summed E-state index contributed by atoms with van der Waals surface area (Å²) in [5, 5.41) is 7.22. The van der Waals surface area contributed by atoms with Crippen LogP contribution in [0.15, 0.2) is 29.3 Å². The molecule has 7 heteroatoms. The summed E-state index contributed by atoms with van der Waals surface area (Å²) in [6.07, 6.45) is 5.25. The first-order chi connectivity index (χ1) is 14.2. The third-order valence-electron chi connectivity index (χ3n) is 6.66. The standard InChI is InChI=1S/C23H34N4OS.HI/c1-16-5-3-4-6-19(16)20-15-21(20)26-23(24-2)25-18-9-7-17(8-10-18)22(28)27-11-13-29-14-12-27;/h3-6,17-18,20-21H,7-15H2,1-2H3,(H2,24,25,26);1H. The molecule has 1 aromatic rings. The van der Waals surface area contributed by atoms with Gasteiger partial charge in [0.15, 0.2) is 5.96 Å². The Balaban J connectivity index is 0.00000256. The maximum atomic E-state index is 12.8. The van der Waals surface area contributed by atoms with Gasteiger partial charge in [0.2, 0.25) is 5.91 Å². The lowest BCUT2D eigenvalue weighted by atomic mass is 9.85. The van der Waals surface area contributed by atoms with Gasteiger partial charge in [0, 0.05) is 55.6 Å². The number of halogens is 1. The Kier molecular flexibility index (Phi) is 8.74. The highest BCUT2D eigenvalue weighted by atomic mass is 127. The molecule has 2 atom stereocenters. The average Bonchev–Trinajstić information content (AvgIpc) is 3.53. The predicted octanol–water partition coefficient (Wildman–Crippen LogP) is 3.77. The summed E-state index contributed by atoms with van der Waals surface area (Å²) in [4.78, 5) is 19.3. The number of aryl methyl sites for hydroxylation is 1. The van der Waals surface area contributed by atoms with Crippen molar-refractivity contribution in [2.24, 2.45) is 10.9 Å². The van der Waals surface area contributed by atoms with Crippen molar-refractivity contribution >= 4 is 47.6 Å². The number of amides is 1. The van der Waals surface area contributed by atoms with Gasteiger partial charge in [-0.25, -0.2) is 0 Å². The zero-order valence-electron chi connectivity index (χ0n) is 18.1. The summed E-state index contributed by atoms with van der Waals surface area (Å²) in [6.45, 7) is 4.06. The molecule has 2 aliphatic carbocycles. The van der Waals surface area contributed by atoms with Crippen LogP contribution in [0.3, 0.4) is 0 Å². The Hall–Kier alpha value is -0.960. The quantitative estimate of drug-likeness (QED) is 0.346. The van der Waals surface area contributed by atoms with Crippen molar-refractivity contribution in [2.75, 3.05) is 31.6 Å². The van der Waals surface area contributed by atoms with Crippen LogP contribution in [0.5, 0.6) is 0 Å². The fraction of sp³-hybridized carbons (Fsp3) is 0.652. The van der Waals surface area contributed by atoms with E-state index in [1.54, 1.807) is 0 Å². The van der Waals surface area contributed by atoms with E-state index in [2.05, 4.69) is 51.7 Å². The third-order valence-corrected chi connectivity index (χ3v) is 7.61. The molecule has 5 nitrogen and oxygen atoms in total. The van der Waals surface area contributed by atoms with Crippen LogP contribution in [-0.4, -0.2) is 60.5 Å². The van der Waals surface area contributed by atoms with Gasteiger partial charge >= 0.3 is 0 Å². The molecule has 4 rings (SSSR count). The van der Waals surface area contributed by atoms with E-state index in [4.69, 9.17) is 0 Å². The summed E-state index contributed by atoms with van der Waals surface area (Å²) in [6, 6.07) is 9.56. The van der Waals surface area contributed by atoms with Crippen molar-refractivity contribution in [3.8, 4) is 0 Å². The van der Waals surface area contributed by atoms with E-state index in [9.17, 15) is 4.79 Å². The van der Waals surface area contributed by atoms with Crippen LogP contribution in [-0.2, 0) is 4.79 Å². The molecular weight excluding hydrogens is 507 g/mol. The second-order valence-corrected chi connectivity index (χ2v) is 9.88. The number of hydrogen-bond acceptors (Lipinski definition) is 3. The number of aliphatic imine (C=N–C) groups is 1. The number of rotatable bonds is 4. The highest BCUT2D eigenvalue weighted by Gasteiger charge is 2.40. The van der Waals surface area contributed by atoms with Crippen molar-refractivity contribution in [3.63, 3.8) is 0 Å². The van der Waals surface area contributed by atoms with Crippen LogP contribution in [0, 0.1) is 12.8 Å². The molecule has 1 aliphatic heterocycles. The van der Waals surface area contributed by atoms with Crippen LogP contribution in [0.2, 0.25) is 0 Å². The molecule has 1 aromatic carbocycles. The van der Waals surface area contributed by atoms with Gasteiger partial charge in [-0.1, -0.05) is 24.3 Å². The van der Waals surface area contributed by atoms with Crippen molar-refractivity contribution in [1.29, 1.82) is 0 Å². The van der Waals surface area contributed by atoms with E-state index in [1.807, 2.05) is 18.8 Å². The summed E-state index contributed by atoms with van der Waals surface area (Å²) >= 11 is 1.96. The van der Waals surface area contributed by atoms with Gasteiger partial charge in [0.05, 0.1) is 0 Å². The number of hydrogen-bond donors (Lipinski definition) is 2. The number of benzene rings is 1. The lowest BCUT2D eigenvalue weighted by Gasteiger charge is -2.34. The summed E-state index contributed by atoms with van der Waals surface area (Å²) in [5.41, 5.74) is 2.83. The van der Waals surface area contributed by atoms with Gasteiger partial charge < -0.3 is 15.5 Å². The number of guanidine groups is 1. The van der Waals surface area contributed by atoms with Gasteiger partial charge in [0.25, 0.3) is 0 Å². The van der Waals surface area contributed by atoms with Crippen molar-refractivity contribution in [2.45, 2.75) is 57.0 Å². The normalized spacial score (nSPS) is 29.0. The minimum Gasteiger partial charge on any atom is -0.354 e. The summed E-state index contributed by atoms with van der Waals surface area (Å²) in [7, 11) is 1.85. The highest BCUT2D eigenvalue weighted by Crippen LogP contribution is 2.42. The predicted molar refractivity (Wildman–Crippen MR) is 137 cm³/mol. The molecule has 0 bridgehead atoms. The highest BCUT2D eigenvalue weighted by molar-refractivity contribution is 14.0. The van der Waals surface area contributed by atoms with Gasteiger partial charge in [-0.05, 0) is 50.2 Å². The van der Waals surface area contributed by atoms with E-state index >= 15 is 0 Å². The second-order valence-electron chi connectivity index (χ2n) is 8.65. The number of nitrogens with zero attached hydrogens (tertiary/aromatic N) is 2. The van der Waals surface area contributed by atoms with Crippen molar-refractivity contribution in [1.82, 2.24) is 15.5 Å². The average molecular weight is 543 g/mol. The van der Waals surface area contributed by atoms with E-state index in [-0.39, 0.29) is 29.9 Å². The Morgan fingerprint density at radius 1 is 1.10 bits per heavy atom. The lowest BCUT2D eigenvalue weighted by Crippen LogP contribution is -2.47. The molecular formula is C23H35IN4OS. The monoisotopic (exact) mass is 542 g/mol. The number of thioether (sulfide) groups is 1. The first kappa shape index (κ1) is 23.7. The van der Waals surface area contributed by atoms with E-state index in [0.717, 1.165) is 56.2 Å². The number of nitrogens with one attached hydrogen (secondary N) is 2. The Labute approximate surface area is 202 Å². The Bertz CT molecular complexity index is 744. The largest absolute Gasteiger partial charge is 0.354 e. The molecule has 0 spiro atoms. The van der Waals surface area contributed by atoms with Gasteiger partial charge in [-0.15, -0.1) is 24.0 Å². The van der Waals surface area contributed by atoms with Gasteiger partial charge in [-0.3, -0.25) is 9.79 Å². The van der Waals surface area contributed by atoms with Crippen LogP contribution in [0.1, 0.15) is 49.1 Å². The third kappa shape index (κ3) is 5.84. The molecule has 3 aliphatic rings. The molecule has 2 unspecified atom stereocenters. The SMILES string of the molecule is CN=C(NC1CCC(C(=O)N2CCSCC2)CC1)NC1CC1c1ccccc1C.I. The van der Waals surface area contributed by atoms with E-state index in [0.29, 0.717) is 23.9 Å². The molecule has 3 fully saturated rings. The molecule has 0 aromatic heterocycles. The summed E-state index contributed by atoms with van der Waals surface area (Å²) < 4.78 is 0. The molecule has 1 amide bonds. The van der Waals surface area contributed by atoms with Crippen molar-refractivity contribution in [3.05, 3.63) is 35.4 Å². The molecule has 30 heavy (non-hydrogen) atoms. The summed E-state index contributed by atoms with van der Waals surface area (Å²) in [5.74, 6) is 4.30. The van der Waals surface area contributed by atoms with Crippen molar-refractivity contribution < 1.29 is 4.79 Å². The first-order valence-corrected chi connectivity index (χ1v) is 12.2. The Morgan fingerprint density at radius 2 is 1.80 bits per heavy atom. The second kappa shape index (κ2) is 11.1. The number of carbonyl (C=O) groups excluding carboxylic acids is 1. The fourth-order valence-electron chi connectivity index (χ4n) is 4.77. The minimum atomic E-state index is 0. The van der Waals surface area contributed by atoms with E-state index in [1.165, 1.54) is 17.5 Å². The van der Waals surface area contributed by atoms with Gasteiger partial charge in [0.1, 0.15) is 0 Å². The fourth-order valence-corrected chi connectivity index (χ4v) is 5.67. The van der Waals surface area contributed by atoms with E-state index < -0.39 is 0 Å². The molecule has 166 valence electrons. The Morgan fingerprint density at radius 3 is 2.47 bits per heavy atom. The smallest absolute Gasteiger partial charge is 0.225 e. The minimum absolute atomic E-state index is 0. The lowest BCUT2D eigenvalue weighted by molar-refractivity contribution is -0.136.